The predicted octanol–water partition coefficient (Wildman–Crippen LogP) is 4.24. The van der Waals surface area contributed by atoms with Crippen LogP contribution in [0.1, 0.15) is 30.0 Å². The molecule has 0 spiro atoms. The fourth-order valence-electron chi connectivity index (χ4n) is 2.66. The molecule has 0 radical (unpaired) electrons. The molecule has 2 heterocycles. The van der Waals surface area contributed by atoms with Gasteiger partial charge in [-0.1, -0.05) is 23.4 Å². The lowest BCUT2D eigenvalue weighted by atomic mass is 10.0. The van der Waals surface area contributed by atoms with E-state index in [1.54, 1.807) is 0 Å². The van der Waals surface area contributed by atoms with Crippen LogP contribution in [0.2, 0.25) is 0 Å². The van der Waals surface area contributed by atoms with Gasteiger partial charge in [-0.15, -0.1) is 0 Å². The van der Waals surface area contributed by atoms with Crippen LogP contribution in [0.5, 0.6) is 0 Å². The van der Waals surface area contributed by atoms with Crippen molar-refractivity contribution in [1.29, 1.82) is 0 Å². The van der Waals surface area contributed by atoms with Gasteiger partial charge in [0.2, 0.25) is 0 Å². The highest BCUT2D eigenvalue weighted by Gasteiger charge is 2.14. The number of benzene rings is 1. The first-order valence-corrected chi connectivity index (χ1v) is 7.76. The van der Waals surface area contributed by atoms with E-state index in [0.717, 1.165) is 18.0 Å². The van der Waals surface area contributed by atoms with Gasteiger partial charge in [0.1, 0.15) is 5.76 Å². The normalized spacial score (nSPS) is 12.5. The molecule has 1 unspecified atom stereocenters. The Bertz CT molecular complexity index is 767. The maximum atomic E-state index is 5.15. The Morgan fingerprint density at radius 3 is 2.57 bits per heavy atom. The van der Waals surface area contributed by atoms with E-state index in [1.807, 2.05) is 37.5 Å². The summed E-state index contributed by atoms with van der Waals surface area (Å²) in [5.41, 5.74) is 4.63. The Balaban J connectivity index is 1.78. The van der Waals surface area contributed by atoms with Crippen LogP contribution < -0.4 is 0 Å². The van der Waals surface area contributed by atoms with Crippen molar-refractivity contribution in [2.45, 2.75) is 26.4 Å². The minimum atomic E-state index is 0.286. The third-order valence-corrected chi connectivity index (χ3v) is 4.13. The number of aryl methyl sites for hydroxylation is 1. The van der Waals surface area contributed by atoms with Gasteiger partial charge in [-0.05, 0) is 55.8 Å². The van der Waals surface area contributed by atoms with Crippen molar-refractivity contribution in [3.8, 4) is 11.1 Å². The Hall–Kier alpha value is -2.46. The van der Waals surface area contributed by atoms with Crippen LogP contribution in [0.4, 0.5) is 0 Å². The minimum absolute atomic E-state index is 0.286. The van der Waals surface area contributed by atoms with Gasteiger partial charge in [-0.3, -0.25) is 9.88 Å². The quantitative estimate of drug-likeness (QED) is 0.707. The molecule has 0 aliphatic heterocycles. The van der Waals surface area contributed by atoms with E-state index in [0.29, 0.717) is 0 Å². The zero-order chi connectivity index (χ0) is 16.2. The van der Waals surface area contributed by atoms with E-state index in [9.17, 15) is 0 Å². The number of nitrogens with zero attached hydrogens (tertiary/aromatic N) is 3. The molecule has 0 amide bonds. The van der Waals surface area contributed by atoms with Crippen LogP contribution in [0, 0.1) is 6.92 Å². The summed E-state index contributed by atoms with van der Waals surface area (Å²) in [6, 6.07) is 15.0. The number of pyridine rings is 1. The Labute approximate surface area is 136 Å². The molecule has 0 saturated carbocycles. The van der Waals surface area contributed by atoms with Crippen LogP contribution in [-0.2, 0) is 6.54 Å². The minimum Gasteiger partial charge on any atom is -0.361 e. The fraction of sp³-hybridized carbons (Fsp3) is 0.263. The standard InChI is InChI=1S/C19H21N3O/c1-14-11-19(21-23-14)13-22(3)15(2)17-5-4-6-18(12-17)16-7-9-20-10-8-16/h4-12,15H,13H2,1-3H3. The average Bonchev–Trinajstić information content (AvgIpc) is 3.00. The molecular formula is C19H21N3O. The second kappa shape index (κ2) is 6.75. The summed E-state index contributed by atoms with van der Waals surface area (Å²) in [6.07, 6.45) is 3.65. The van der Waals surface area contributed by atoms with Crippen molar-refractivity contribution >= 4 is 0 Å². The topological polar surface area (TPSA) is 42.2 Å². The van der Waals surface area contributed by atoms with Crippen molar-refractivity contribution in [1.82, 2.24) is 15.0 Å². The average molecular weight is 307 g/mol. The molecule has 3 rings (SSSR count). The molecule has 4 nitrogen and oxygen atoms in total. The lowest BCUT2D eigenvalue weighted by Crippen LogP contribution is -2.22. The third-order valence-electron chi connectivity index (χ3n) is 4.13. The predicted molar refractivity (Wildman–Crippen MR) is 90.8 cm³/mol. The molecule has 0 fully saturated rings. The van der Waals surface area contributed by atoms with E-state index in [1.165, 1.54) is 16.7 Å². The summed E-state index contributed by atoms with van der Waals surface area (Å²) in [4.78, 5) is 6.35. The summed E-state index contributed by atoms with van der Waals surface area (Å²) in [7, 11) is 2.10. The summed E-state index contributed by atoms with van der Waals surface area (Å²) < 4.78 is 5.15. The highest BCUT2D eigenvalue weighted by molar-refractivity contribution is 5.63. The molecule has 23 heavy (non-hydrogen) atoms. The van der Waals surface area contributed by atoms with Crippen LogP contribution in [0.15, 0.2) is 59.4 Å². The smallest absolute Gasteiger partial charge is 0.133 e. The molecule has 2 aromatic heterocycles. The van der Waals surface area contributed by atoms with Gasteiger partial charge in [-0.25, -0.2) is 0 Å². The van der Waals surface area contributed by atoms with Crippen molar-refractivity contribution in [3.63, 3.8) is 0 Å². The maximum Gasteiger partial charge on any atom is 0.133 e. The molecule has 1 atom stereocenters. The Morgan fingerprint density at radius 2 is 1.87 bits per heavy atom. The Morgan fingerprint density at radius 1 is 1.09 bits per heavy atom. The maximum absolute atomic E-state index is 5.15. The zero-order valence-electron chi connectivity index (χ0n) is 13.7. The second-order valence-electron chi connectivity index (χ2n) is 5.88. The van der Waals surface area contributed by atoms with Gasteiger partial charge in [0.05, 0.1) is 5.69 Å². The highest BCUT2D eigenvalue weighted by atomic mass is 16.5. The van der Waals surface area contributed by atoms with E-state index in [4.69, 9.17) is 4.52 Å². The second-order valence-corrected chi connectivity index (χ2v) is 5.88. The van der Waals surface area contributed by atoms with Crippen molar-refractivity contribution in [2.24, 2.45) is 0 Å². The highest BCUT2D eigenvalue weighted by Crippen LogP contribution is 2.26. The molecular weight excluding hydrogens is 286 g/mol. The fourth-order valence-corrected chi connectivity index (χ4v) is 2.66. The molecule has 1 aromatic carbocycles. The molecule has 0 saturated heterocycles. The molecule has 0 aliphatic carbocycles. The summed E-state index contributed by atoms with van der Waals surface area (Å²) in [5.74, 6) is 0.848. The Kier molecular flexibility index (Phi) is 4.53. The van der Waals surface area contributed by atoms with Crippen LogP contribution >= 0.6 is 0 Å². The van der Waals surface area contributed by atoms with Gasteiger partial charge in [0.15, 0.2) is 0 Å². The monoisotopic (exact) mass is 307 g/mol. The largest absolute Gasteiger partial charge is 0.361 e. The van der Waals surface area contributed by atoms with Crippen molar-refractivity contribution in [2.75, 3.05) is 7.05 Å². The van der Waals surface area contributed by atoms with Crippen molar-refractivity contribution in [3.05, 3.63) is 71.9 Å². The van der Waals surface area contributed by atoms with E-state index in [-0.39, 0.29) is 6.04 Å². The zero-order valence-corrected chi connectivity index (χ0v) is 13.7. The first-order valence-electron chi connectivity index (χ1n) is 7.76. The van der Waals surface area contributed by atoms with Crippen LogP contribution in [0.25, 0.3) is 11.1 Å². The number of hydrogen-bond acceptors (Lipinski definition) is 4. The molecule has 4 heteroatoms. The van der Waals surface area contributed by atoms with E-state index < -0.39 is 0 Å². The van der Waals surface area contributed by atoms with Crippen LogP contribution in [-0.4, -0.2) is 22.1 Å². The third kappa shape index (κ3) is 3.66. The molecule has 0 aliphatic rings. The first-order chi connectivity index (χ1) is 11.1. The first kappa shape index (κ1) is 15.4. The summed E-state index contributed by atoms with van der Waals surface area (Å²) >= 11 is 0. The molecule has 118 valence electrons. The lowest BCUT2D eigenvalue weighted by molar-refractivity contribution is 0.244. The van der Waals surface area contributed by atoms with Gasteiger partial charge >= 0.3 is 0 Å². The number of aromatic nitrogens is 2. The van der Waals surface area contributed by atoms with Gasteiger partial charge in [0, 0.05) is 31.0 Å². The van der Waals surface area contributed by atoms with Gasteiger partial charge in [-0.2, -0.15) is 0 Å². The molecule has 0 bridgehead atoms. The number of rotatable bonds is 5. The van der Waals surface area contributed by atoms with Crippen molar-refractivity contribution < 1.29 is 4.52 Å². The van der Waals surface area contributed by atoms with Gasteiger partial charge in [0.25, 0.3) is 0 Å². The van der Waals surface area contributed by atoms with Gasteiger partial charge < -0.3 is 4.52 Å². The summed E-state index contributed by atoms with van der Waals surface area (Å²) in [5, 5.41) is 4.07. The summed E-state index contributed by atoms with van der Waals surface area (Å²) in [6.45, 7) is 4.88. The van der Waals surface area contributed by atoms with E-state index >= 15 is 0 Å². The molecule has 3 aromatic rings. The number of hydrogen-bond donors (Lipinski definition) is 0. The van der Waals surface area contributed by atoms with Crippen LogP contribution in [0.3, 0.4) is 0 Å². The van der Waals surface area contributed by atoms with E-state index in [2.05, 4.69) is 53.3 Å². The lowest BCUT2D eigenvalue weighted by Gasteiger charge is -2.24. The SMILES string of the molecule is Cc1cc(CN(C)C(C)c2cccc(-c3ccncc3)c2)no1. The molecule has 0 N–H and O–H groups in total.